The van der Waals surface area contributed by atoms with Crippen LogP contribution in [0.2, 0.25) is 0 Å². The van der Waals surface area contributed by atoms with Gasteiger partial charge in [0.2, 0.25) is 0 Å². The molecule has 38 heavy (non-hydrogen) atoms. The number of carbonyl (C=O) groups is 3. The molecule has 2 aromatic rings. The van der Waals surface area contributed by atoms with E-state index in [-0.39, 0.29) is 19.0 Å². The van der Waals surface area contributed by atoms with Gasteiger partial charge in [0.05, 0.1) is 30.9 Å². The van der Waals surface area contributed by atoms with Crippen molar-refractivity contribution >= 4 is 23.5 Å². The number of ketones is 1. The molecule has 6 heteroatoms. The fourth-order valence-corrected chi connectivity index (χ4v) is 2.76. The quantitative estimate of drug-likeness (QED) is 0.113. The predicted molar refractivity (Wildman–Crippen MR) is 155 cm³/mol. The molecular formula is C32H46O6. The van der Waals surface area contributed by atoms with Crippen LogP contribution in [-0.2, 0) is 14.2 Å². The highest BCUT2D eigenvalue weighted by Gasteiger charge is 2.10. The van der Waals surface area contributed by atoms with Crippen LogP contribution in [0.15, 0.2) is 55.1 Å². The van der Waals surface area contributed by atoms with Crippen molar-refractivity contribution in [2.45, 2.75) is 80.1 Å². The number of Topliss-reactive ketones (excluding diaryl/α,β-unsaturated/α-hetero) is 1. The second kappa shape index (κ2) is 21.7. The van der Waals surface area contributed by atoms with Crippen molar-refractivity contribution in [1.29, 1.82) is 0 Å². The first-order valence-corrected chi connectivity index (χ1v) is 13.6. The van der Waals surface area contributed by atoms with Gasteiger partial charge in [0.25, 0.3) is 0 Å². The Morgan fingerprint density at radius 2 is 0.921 bits per heavy atom. The maximum Gasteiger partial charge on any atom is 0.338 e. The Kier molecular flexibility index (Phi) is 19.7. The topological polar surface area (TPSA) is 78.9 Å². The van der Waals surface area contributed by atoms with Crippen molar-refractivity contribution in [3.63, 3.8) is 0 Å². The molecule has 0 aliphatic heterocycles. The van der Waals surface area contributed by atoms with E-state index in [0.717, 1.165) is 18.4 Å². The summed E-state index contributed by atoms with van der Waals surface area (Å²) in [5, 5.41) is 0. The molecule has 0 unspecified atom stereocenters. The molecule has 0 spiro atoms. The molecule has 210 valence electrons. The van der Waals surface area contributed by atoms with Gasteiger partial charge in [-0.15, -0.1) is 0 Å². The van der Waals surface area contributed by atoms with Crippen LogP contribution >= 0.6 is 0 Å². The molecule has 0 saturated carbocycles. The van der Waals surface area contributed by atoms with Gasteiger partial charge < -0.3 is 14.2 Å². The monoisotopic (exact) mass is 526 g/mol. The van der Waals surface area contributed by atoms with E-state index >= 15 is 0 Å². The Labute approximate surface area is 229 Å². The van der Waals surface area contributed by atoms with E-state index in [1.54, 1.807) is 48.5 Å². The Morgan fingerprint density at radius 3 is 1.29 bits per heavy atom. The van der Waals surface area contributed by atoms with Gasteiger partial charge in [0, 0.05) is 11.1 Å². The van der Waals surface area contributed by atoms with Crippen molar-refractivity contribution in [3.05, 3.63) is 77.4 Å². The van der Waals surface area contributed by atoms with Gasteiger partial charge >= 0.3 is 11.9 Å². The second-order valence-corrected chi connectivity index (χ2v) is 8.73. The lowest BCUT2D eigenvalue weighted by molar-refractivity contribution is 0.0432. The first kappa shape index (κ1) is 34.6. The first-order chi connectivity index (χ1) is 18.2. The third kappa shape index (κ3) is 15.0. The SMILES string of the molecule is C=C(OCCCC)c1ccc(C(=O)OCCCCOC(=O)c2ccc(C(C)=O)cc2)cc1.CCC.CCC. The van der Waals surface area contributed by atoms with Crippen LogP contribution in [0.5, 0.6) is 0 Å². The number of hydrogen-bond donors (Lipinski definition) is 0. The van der Waals surface area contributed by atoms with E-state index in [4.69, 9.17) is 14.2 Å². The number of carbonyl (C=O) groups excluding carboxylic acids is 3. The fourth-order valence-electron chi connectivity index (χ4n) is 2.76. The second-order valence-electron chi connectivity index (χ2n) is 8.73. The molecule has 2 aromatic carbocycles. The maximum atomic E-state index is 12.2. The van der Waals surface area contributed by atoms with E-state index in [1.807, 2.05) is 0 Å². The zero-order valence-electron chi connectivity index (χ0n) is 24.1. The van der Waals surface area contributed by atoms with Gasteiger partial charge in [-0.3, -0.25) is 4.79 Å². The van der Waals surface area contributed by atoms with E-state index < -0.39 is 11.9 Å². The van der Waals surface area contributed by atoms with Gasteiger partial charge in [0.15, 0.2) is 5.78 Å². The normalized spacial score (nSPS) is 9.63. The number of benzene rings is 2. The summed E-state index contributed by atoms with van der Waals surface area (Å²) in [5.41, 5.74) is 2.22. The highest BCUT2D eigenvalue weighted by atomic mass is 16.5. The smallest absolute Gasteiger partial charge is 0.338 e. The van der Waals surface area contributed by atoms with Gasteiger partial charge in [-0.05, 0) is 50.5 Å². The number of unbranched alkanes of at least 4 members (excludes halogenated alkanes) is 2. The Morgan fingerprint density at radius 1 is 0.579 bits per heavy atom. The van der Waals surface area contributed by atoms with E-state index in [0.29, 0.717) is 41.9 Å². The van der Waals surface area contributed by atoms with Crippen LogP contribution in [0.25, 0.3) is 5.76 Å². The van der Waals surface area contributed by atoms with Gasteiger partial charge in [-0.2, -0.15) is 0 Å². The lowest BCUT2D eigenvalue weighted by Gasteiger charge is -2.10. The first-order valence-electron chi connectivity index (χ1n) is 13.6. The number of esters is 2. The zero-order valence-corrected chi connectivity index (χ0v) is 24.1. The largest absolute Gasteiger partial charge is 0.494 e. The minimum Gasteiger partial charge on any atom is -0.494 e. The maximum absolute atomic E-state index is 12.2. The summed E-state index contributed by atoms with van der Waals surface area (Å²) >= 11 is 0. The zero-order chi connectivity index (χ0) is 28.8. The lowest BCUT2D eigenvalue weighted by atomic mass is 10.1. The molecule has 0 bridgehead atoms. The van der Waals surface area contributed by atoms with Crippen molar-refractivity contribution in [2.75, 3.05) is 19.8 Å². The third-order valence-corrected chi connectivity index (χ3v) is 4.75. The minimum absolute atomic E-state index is 0.0581. The summed E-state index contributed by atoms with van der Waals surface area (Å²) in [4.78, 5) is 35.4. The Bertz CT molecular complexity index is 943. The van der Waals surface area contributed by atoms with E-state index in [9.17, 15) is 14.4 Å². The predicted octanol–water partition coefficient (Wildman–Crippen LogP) is 8.30. The van der Waals surface area contributed by atoms with Gasteiger partial charge in [-0.25, -0.2) is 9.59 Å². The number of ether oxygens (including phenoxy) is 3. The summed E-state index contributed by atoms with van der Waals surface area (Å²) < 4.78 is 16.0. The van der Waals surface area contributed by atoms with Crippen LogP contribution < -0.4 is 0 Å². The molecular weight excluding hydrogens is 480 g/mol. The molecule has 0 saturated heterocycles. The van der Waals surface area contributed by atoms with Crippen molar-refractivity contribution in [3.8, 4) is 0 Å². The van der Waals surface area contributed by atoms with Crippen LogP contribution in [-0.4, -0.2) is 37.5 Å². The molecule has 0 atom stereocenters. The molecule has 0 N–H and O–H groups in total. The summed E-state index contributed by atoms with van der Waals surface area (Å²) in [6.45, 7) is 17.0. The van der Waals surface area contributed by atoms with Gasteiger partial charge in [-0.1, -0.05) is 84.7 Å². The molecule has 0 amide bonds. The van der Waals surface area contributed by atoms with Crippen LogP contribution in [0.1, 0.15) is 117 Å². The standard InChI is InChI=1S/C26H30O6.2C3H8/c1-4-5-16-30-20(3)22-10-14-24(15-11-22)26(29)32-18-7-6-17-31-25(28)23-12-8-21(9-13-23)19(2)27;2*1-3-2/h8-15H,3-7,16-18H2,1-2H3;2*3H2,1-2H3. The average molecular weight is 527 g/mol. The summed E-state index contributed by atoms with van der Waals surface area (Å²) in [6, 6.07) is 13.3. The van der Waals surface area contributed by atoms with Crippen molar-refractivity contribution < 1.29 is 28.6 Å². The molecule has 0 heterocycles. The lowest BCUT2D eigenvalue weighted by Crippen LogP contribution is -2.09. The molecule has 0 aliphatic rings. The number of hydrogen-bond acceptors (Lipinski definition) is 6. The third-order valence-electron chi connectivity index (χ3n) is 4.75. The molecule has 6 nitrogen and oxygen atoms in total. The van der Waals surface area contributed by atoms with E-state index in [1.165, 1.54) is 19.8 Å². The van der Waals surface area contributed by atoms with Gasteiger partial charge in [0.1, 0.15) is 5.76 Å². The average Bonchev–Trinajstić information content (AvgIpc) is 2.91. The highest BCUT2D eigenvalue weighted by molar-refractivity contribution is 5.96. The molecule has 0 fully saturated rings. The number of rotatable bonds is 13. The Hall–Kier alpha value is -3.41. The van der Waals surface area contributed by atoms with Crippen LogP contribution in [0.3, 0.4) is 0 Å². The Balaban J connectivity index is 0.00000208. The van der Waals surface area contributed by atoms with E-state index in [2.05, 4.69) is 41.2 Å². The highest BCUT2D eigenvalue weighted by Crippen LogP contribution is 2.16. The minimum atomic E-state index is -0.447. The fraction of sp³-hybridized carbons (Fsp3) is 0.469. The molecule has 0 aliphatic carbocycles. The molecule has 2 rings (SSSR count). The van der Waals surface area contributed by atoms with Crippen LogP contribution in [0, 0.1) is 0 Å². The summed E-state index contributed by atoms with van der Waals surface area (Å²) in [7, 11) is 0. The summed E-state index contributed by atoms with van der Waals surface area (Å²) in [6.07, 6.45) is 5.66. The summed E-state index contributed by atoms with van der Waals surface area (Å²) in [5.74, 6) is -0.325. The van der Waals surface area contributed by atoms with Crippen molar-refractivity contribution in [1.82, 2.24) is 0 Å². The molecule has 0 aromatic heterocycles. The van der Waals surface area contributed by atoms with Crippen LogP contribution in [0.4, 0.5) is 0 Å². The molecule has 0 radical (unpaired) electrons. The van der Waals surface area contributed by atoms with Crippen molar-refractivity contribution in [2.24, 2.45) is 0 Å².